The van der Waals surface area contributed by atoms with E-state index in [-0.39, 0.29) is 17.6 Å². The maximum atomic E-state index is 13.7. The van der Waals surface area contributed by atoms with Crippen molar-refractivity contribution in [2.75, 3.05) is 11.4 Å². The highest BCUT2D eigenvalue weighted by Crippen LogP contribution is 2.27. The highest BCUT2D eigenvalue weighted by molar-refractivity contribution is 9.10. The molecule has 1 heterocycles. The molecule has 0 amide bonds. The number of Topliss-reactive ketones (excluding diaryl/α,β-unsaturated/α-hetero) is 1. The standard InChI is InChI=1S/C12H13BrFNO/c1-8-6-10(16)4-5-15(8)12-3-2-9(13)7-11(12)14/h2-3,7-8H,4-6H2,1H3. The fraction of sp³-hybridized carbons (Fsp3) is 0.417. The third kappa shape index (κ3) is 2.26. The van der Waals surface area contributed by atoms with Crippen LogP contribution in [0.15, 0.2) is 22.7 Å². The minimum absolute atomic E-state index is 0.0805. The number of benzene rings is 1. The second-order valence-electron chi connectivity index (χ2n) is 4.13. The first-order valence-electron chi connectivity index (χ1n) is 5.31. The molecule has 1 fully saturated rings. The average Bonchev–Trinajstić information content (AvgIpc) is 2.19. The Balaban J connectivity index is 2.26. The zero-order valence-corrected chi connectivity index (χ0v) is 10.6. The van der Waals surface area contributed by atoms with Crippen LogP contribution in [-0.2, 0) is 4.79 Å². The molecule has 0 aromatic heterocycles. The van der Waals surface area contributed by atoms with Crippen molar-refractivity contribution in [2.24, 2.45) is 0 Å². The molecule has 1 unspecified atom stereocenters. The number of piperidine rings is 1. The summed E-state index contributed by atoms with van der Waals surface area (Å²) in [6.45, 7) is 2.57. The van der Waals surface area contributed by atoms with Crippen LogP contribution in [0.5, 0.6) is 0 Å². The highest BCUT2D eigenvalue weighted by atomic mass is 79.9. The van der Waals surface area contributed by atoms with E-state index < -0.39 is 0 Å². The topological polar surface area (TPSA) is 20.3 Å². The molecule has 1 aromatic rings. The fourth-order valence-electron chi connectivity index (χ4n) is 2.08. The Labute approximate surface area is 103 Å². The van der Waals surface area contributed by atoms with Gasteiger partial charge in [0.25, 0.3) is 0 Å². The lowest BCUT2D eigenvalue weighted by Gasteiger charge is -2.34. The molecular formula is C12H13BrFNO. The Hall–Kier alpha value is -0.900. The zero-order chi connectivity index (χ0) is 11.7. The maximum Gasteiger partial charge on any atom is 0.147 e. The molecule has 1 atom stereocenters. The van der Waals surface area contributed by atoms with Crippen LogP contribution in [0.25, 0.3) is 0 Å². The van der Waals surface area contributed by atoms with Crippen LogP contribution in [0.3, 0.4) is 0 Å². The molecule has 0 radical (unpaired) electrons. The number of carbonyl (C=O) groups excluding carboxylic acids is 1. The van der Waals surface area contributed by atoms with Crippen LogP contribution >= 0.6 is 15.9 Å². The first-order chi connectivity index (χ1) is 7.58. The van der Waals surface area contributed by atoms with Gasteiger partial charge < -0.3 is 4.90 Å². The van der Waals surface area contributed by atoms with E-state index in [1.807, 2.05) is 17.9 Å². The van der Waals surface area contributed by atoms with E-state index in [1.165, 1.54) is 6.07 Å². The van der Waals surface area contributed by atoms with Crippen molar-refractivity contribution in [3.63, 3.8) is 0 Å². The molecule has 16 heavy (non-hydrogen) atoms. The van der Waals surface area contributed by atoms with Gasteiger partial charge in [-0.3, -0.25) is 4.79 Å². The van der Waals surface area contributed by atoms with Crippen LogP contribution in [0, 0.1) is 5.82 Å². The lowest BCUT2D eigenvalue weighted by atomic mass is 10.0. The van der Waals surface area contributed by atoms with Gasteiger partial charge in [-0.1, -0.05) is 15.9 Å². The van der Waals surface area contributed by atoms with Crippen molar-refractivity contribution in [3.8, 4) is 0 Å². The van der Waals surface area contributed by atoms with Gasteiger partial charge in [-0.25, -0.2) is 4.39 Å². The van der Waals surface area contributed by atoms with Gasteiger partial charge in [-0.15, -0.1) is 0 Å². The molecule has 1 saturated heterocycles. The van der Waals surface area contributed by atoms with E-state index in [9.17, 15) is 9.18 Å². The summed E-state index contributed by atoms with van der Waals surface area (Å²) in [6.07, 6.45) is 1.02. The first kappa shape index (κ1) is 11.6. The molecule has 0 N–H and O–H groups in total. The molecule has 2 nitrogen and oxygen atoms in total. The van der Waals surface area contributed by atoms with Crippen LogP contribution in [0.4, 0.5) is 10.1 Å². The minimum Gasteiger partial charge on any atom is -0.366 e. The van der Waals surface area contributed by atoms with Crippen molar-refractivity contribution >= 4 is 27.4 Å². The van der Waals surface area contributed by atoms with E-state index >= 15 is 0 Å². The van der Waals surface area contributed by atoms with Gasteiger partial charge >= 0.3 is 0 Å². The van der Waals surface area contributed by atoms with E-state index in [4.69, 9.17) is 0 Å². The molecule has 0 spiro atoms. The molecule has 0 aliphatic carbocycles. The van der Waals surface area contributed by atoms with E-state index in [1.54, 1.807) is 6.07 Å². The summed E-state index contributed by atoms with van der Waals surface area (Å²) < 4.78 is 14.5. The molecule has 1 aromatic carbocycles. The third-order valence-electron chi connectivity index (χ3n) is 2.91. The molecule has 1 aliphatic heterocycles. The number of rotatable bonds is 1. The monoisotopic (exact) mass is 285 g/mol. The number of ketones is 1. The highest BCUT2D eigenvalue weighted by Gasteiger charge is 2.25. The Kier molecular flexibility index (Phi) is 3.28. The van der Waals surface area contributed by atoms with Crippen molar-refractivity contribution in [1.82, 2.24) is 0 Å². The number of hydrogen-bond donors (Lipinski definition) is 0. The Bertz CT molecular complexity index is 421. The fourth-order valence-corrected chi connectivity index (χ4v) is 2.41. The maximum absolute atomic E-state index is 13.7. The lowest BCUT2D eigenvalue weighted by molar-refractivity contribution is -0.120. The molecule has 2 rings (SSSR count). The van der Waals surface area contributed by atoms with Gasteiger partial charge in [0.15, 0.2) is 0 Å². The van der Waals surface area contributed by atoms with Crippen LogP contribution < -0.4 is 4.90 Å². The molecule has 0 saturated carbocycles. The molecule has 4 heteroatoms. The summed E-state index contributed by atoms with van der Waals surface area (Å²) in [5, 5.41) is 0. The summed E-state index contributed by atoms with van der Waals surface area (Å²) in [4.78, 5) is 13.2. The predicted octanol–water partition coefficient (Wildman–Crippen LogP) is 3.15. The van der Waals surface area contributed by atoms with Crippen molar-refractivity contribution < 1.29 is 9.18 Å². The van der Waals surface area contributed by atoms with Crippen LogP contribution in [0.2, 0.25) is 0 Å². The van der Waals surface area contributed by atoms with Gasteiger partial charge in [0.2, 0.25) is 0 Å². The SMILES string of the molecule is CC1CC(=O)CCN1c1ccc(Br)cc1F. The number of carbonyl (C=O) groups is 1. The van der Waals surface area contributed by atoms with Crippen LogP contribution in [0.1, 0.15) is 19.8 Å². The quantitative estimate of drug-likeness (QED) is 0.790. The Morgan fingerprint density at radius 1 is 1.50 bits per heavy atom. The predicted molar refractivity (Wildman–Crippen MR) is 65.1 cm³/mol. The van der Waals surface area contributed by atoms with Gasteiger partial charge in [-0.2, -0.15) is 0 Å². The van der Waals surface area contributed by atoms with Crippen molar-refractivity contribution in [2.45, 2.75) is 25.8 Å². The summed E-state index contributed by atoms with van der Waals surface area (Å²) in [5.41, 5.74) is 0.586. The average molecular weight is 286 g/mol. The van der Waals surface area contributed by atoms with Crippen molar-refractivity contribution in [3.05, 3.63) is 28.5 Å². The largest absolute Gasteiger partial charge is 0.366 e. The van der Waals surface area contributed by atoms with Crippen LogP contribution in [-0.4, -0.2) is 18.4 Å². The van der Waals surface area contributed by atoms with E-state index in [2.05, 4.69) is 15.9 Å². The summed E-state index contributed by atoms with van der Waals surface area (Å²) >= 11 is 3.23. The number of nitrogens with zero attached hydrogens (tertiary/aromatic N) is 1. The molecule has 0 bridgehead atoms. The second kappa shape index (κ2) is 4.53. The van der Waals surface area contributed by atoms with Gasteiger partial charge in [0, 0.05) is 29.9 Å². The van der Waals surface area contributed by atoms with Gasteiger partial charge in [0.05, 0.1) is 5.69 Å². The number of halogens is 2. The summed E-state index contributed by atoms with van der Waals surface area (Å²) in [5.74, 6) is 0.0249. The third-order valence-corrected chi connectivity index (χ3v) is 3.40. The summed E-state index contributed by atoms with van der Waals surface area (Å²) in [7, 11) is 0. The summed E-state index contributed by atoms with van der Waals surface area (Å²) in [6, 6.07) is 5.11. The molecular weight excluding hydrogens is 273 g/mol. The number of anilines is 1. The van der Waals surface area contributed by atoms with Crippen molar-refractivity contribution in [1.29, 1.82) is 0 Å². The zero-order valence-electron chi connectivity index (χ0n) is 9.04. The lowest BCUT2D eigenvalue weighted by Crippen LogP contribution is -2.41. The number of hydrogen-bond acceptors (Lipinski definition) is 2. The smallest absolute Gasteiger partial charge is 0.147 e. The normalized spacial score (nSPS) is 21.3. The van der Waals surface area contributed by atoms with E-state index in [0.717, 1.165) is 4.47 Å². The van der Waals surface area contributed by atoms with E-state index in [0.29, 0.717) is 25.1 Å². The Morgan fingerprint density at radius 2 is 2.25 bits per heavy atom. The molecule has 1 aliphatic rings. The minimum atomic E-state index is -0.240. The first-order valence-corrected chi connectivity index (χ1v) is 6.10. The molecule has 86 valence electrons. The Morgan fingerprint density at radius 3 is 2.88 bits per heavy atom. The second-order valence-corrected chi connectivity index (χ2v) is 5.05. The van der Waals surface area contributed by atoms with Gasteiger partial charge in [-0.05, 0) is 25.1 Å². The van der Waals surface area contributed by atoms with Gasteiger partial charge in [0.1, 0.15) is 11.6 Å².